The molecule has 6 N–H and O–H groups in total. The topological polar surface area (TPSA) is 132 Å². The molecule has 0 bridgehead atoms. The van der Waals surface area contributed by atoms with E-state index < -0.39 is 0 Å². The van der Waals surface area contributed by atoms with Crippen molar-refractivity contribution in [1.29, 1.82) is 0 Å². The van der Waals surface area contributed by atoms with Crippen LogP contribution >= 0.6 is 0 Å². The first kappa shape index (κ1) is 19.1. The first-order valence-corrected chi connectivity index (χ1v) is 7.44. The highest BCUT2D eigenvalue weighted by atomic mass is 16.5. The van der Waals surface area contributed by atoms with Crippen molar-refractivity contribution >= 4 is 17.9 Å². The predicted octanol–water partition coefficient (Wildman–Crippen LogP) is 0.592. The summed E-state index contributed by atoms with van der Waals surface area (Å²) in [4.78, 5) is 15.6. The fourth-order valence-corrected chi connectivity index (χ4v) is 1.90. The number of carbonyl (C=O) groups is 1. The molecule has 0 saturated heterocycles. The van der Waals surface area contributed by atoms with Crippen molar-refractivity contribution in [3.8, 4) is 17.2 Å². The second-order valence-electron chi connectivity index (χ2n) is 4.91. The summed E-state index contributed by atoms with van der Waals surface area (Å²) in [5, 5.41) is 12.6. The van der Waals surface area contributed by atoms with Crippen LogP contribution in [0.3, 0.4) is 0 Å². The predicted molar refractivity (Wildman–Crippen MR) is 93.2 cm³/mol. The Morgan fingerprint density at radius 1 is 1.25 bits per heavy atom. The molecule has 0 aromatic heterocycles. The van der Waals surface area contributed by atoms with Gasteiger partial charge in [0.15, 0.2) is 17.5 Å². The second kappa shape index (κ2) is 9.98. The van der Waals surface area contributed by atoms with Crippen molar-refractivity contribution in [2.24, 2.45) is 16.5 Å². The average molecular weight is 336 g/mol. The summed E-state index contributed by atoms with van der Waals surface area (Å²) in [5.74, 6) is 0.315. The van der Waals surface area contributed by atoms with E-state index >= 15 is 0 Å². The molecule has 1 aromatic carbocycles. The molecule has 0 aliphatic heterocycles. The van der Waals surface area contributed by atoms with Gasteiger partial charge in [-0.3, -0.25) is 9.79 Å². The normalized spacial score (nSPS) is 10.4. The Morgan fingerprint density at radius 3 is 2.42 bits per heavy atom. The fourth-order valence-electron chi connectivity index (χ4n) is 1.90. The highest BCUT2D eigenvalue weighted by Gasteiger charge is 2.10. The van der Waals surface area contributed by atoms with Crippen LogP contribution in [0, 0.1) is 0 Å². The molecule has 0 spiro atoms. The number of benzene rings is 1. The van der Waals surface area contributed by atoms with Crippen LogP contribution in [0.15, 0.2) is 23.2 Å². The number of phenolic OH excluding ortho intramolecular Hbond substituents is 1. The van der Waals surface area contributed by atoms with E-state index in [4.69, 9.17) is 20.9 Å². The van der Waals surface area contributed by atoms with Gasteiger partial charge in [-0.05, 0) is 36.6 Å². The van der Waals surface area contributed by atoms with Crippen molar-refractivity contribution in [2.45, 2.75) is 12.8 Å². The lowest BCUT2D eigenvalue weighted by atomic mass is 10.1. The number of rotatable bonds is 9. The lowest BCUT2D eigenvalue weighted by molar-refractivity contribution is -0.116. The number of aromatic hydroxyl groups is 1. The summed E-state index contributed by atoms with van der Waals surface area (Å²) in [6.07, 6.45) is 4.58. The van der Waals surface area contributed by atoms with Gasteiger partial charge in [0, 0.05) is 19.2 Å². The number of hydrogen-bond donors (Lipinski definition) is 4. The van der Waals surface area contributed by atoms with Gasteiger partial charge in [0.1, 0.15) is 0 Å². The molecule has 24 heavy (non-hydrogen) atoms. The molecule has 132 valence electrons. The Kier molecular flexibility index (Phi) is 7.97. The third kappa shape index (κ3) is 6.47. The Bertz CT molecular complexity index is 585. The summed E-state index contributed by atoms with van der Waals surface area (Å²) < 4.78 is 10.1. The molecule has 0 aliphatic rings. The third-order valence-corrected chi connectivity index (χ3v) is 3.11. The molecule has 0 aliphatic carbocycles. The van der Waals surface area contributed by atoms with Crippen molar-refractivity contribution in [2.75, 3.05) is 27.3 Å². The molecule has 0 saturated carbocycles. The van der Waals surface area contributed by atoms with Crippen LogP contribution in [0.25, 0.3) is 6.08 Å². The zero-order valence-electron chi connectivity index (χ0n) is 13.9. The summed E-state index contributed by atoms with van der Waals surface area (Å²) in [5.41, 5.74) is 11.1. The number of ether oxygens (including phenoxy) is 2. The number of guanidine groups is 1. The van der Waals surface area contributed by atoms with Gasteiger partial charge in [0.25, 0.3) is 0 Å². The van der Waals surface area contributed by atoms with E-state index in [1.807, 2.05) is 0 Å². The third-order valence-electron chi connectivity index (χ3n) is 3.11. The van der Waals surface area contributed by atoms with E-state index in [9.17, 15) is 9.90 Å². The number of unbranched alkanes of at least 4 members (excludes halogenated alkanes) is 1. The molecule has 0 atom stereocenters. The van der Waals surface area contributed by atoms with Gasteiger partial charge in [0.05, 0.1) is 14.2 Å². The Morgan fingerprint density at radius 2 is 1.88 bits per heavy atom. The van der Waals surface area contributed by atoms with Crippen LogP contribution < -0.4 is 26.3 Å². The zero-order valence-corrected chi connectivity index (χ0v) is 13.9. The van der Waals surface area contributed by atoms with Crippen LogP contribution in [0.4, 0.5) is 0 Å². The standard InChI is InChI=1S/C16H24N4O4/c1-23-12-9-11(10-13(24-2)15(12)22)5-6-14(21)19-7-3-4-8-20-16(17)18/h5-6,9-10,22H,3-4,7-8H2,1-2H3,(H,19,21)(H4,17,18,20). The van der Waals surface area contributed by atoms with Crippen molar-refractivity contribution in [1.82, 2.24) is 5.32 Å². The first-order chi connectivity index (χ1) is 11.5. The maximum atomic E-state index is 11.8. The molecule has 0 heterocycles. The number of nitrogens with two attached hydrogens (primary N) is 2. The van der Waals surface area contributed by atoms with Gasteiger partial charge < -0.3 is 31.4 Å². The van der Waals surface area contributed by atoms with Gasteiger partial charge in [-0.1, -0.05) is 0 Å². The molecule has 1 amide bonds. The van der Waals surface area contributed by atoms with E-state index in [1.165, 1.54) is 20.3 Å². The van der Waals surface area contributed by atoms with Gasteiger partial charge in [-0.15, -0.1) is 0 Å². The van der Waals surface area contributed by atoms with E-state index in [-0.39, 0.29) is 29.1 Å². The average Bonchev–Trinajstić information content (AvgIpc) is 2.56. The highest BCUT2D eigenvalue weighted by molar-refractivity contribution is 5.91. The molecule has 8 nitrogen and oxygen atoms in total. The van der Waals surface area contributed by atoms with Crippen LogP contribution in [0.5, 0.6) is 17.2 Å². The molecule has 0 fully saturated rings. The summed E-state index contributed by atoms with van der Waals surface area (Å²) in [7, 11) is 2.88. The number of hydrogen-bond acceptors (Lipinski definition) is 5. The van der Waals surface area contributed by atoms with Gasteiger partial charge >= 0.3 is 0 Å². The van der Waals surface area contributed by atoms with Crippen LogP contribution in [0.1, 0.15) is 18.4 Å². The van der Waals surface area contributed by atoms with Crippen LogP contribution in [0.2, 0.25) is 0 Å². The second-order valence-corrected chi connectivity index (χ2v) is 4.91. The van der Waals surface area contributed by atoms with E-state index in [0.717, 1.165) is 12.8 Å². The van der Waals surface area contributed by atoms with Gasteiger partial charge in [-0.25, -0.2) is 0 Å². The number of aliphatic imine (C=N–C) groups is 1. The molecule has 0 unspecified atom stereocenters. The van der Waals surface area contributed by atoms with E-state index in [2.05, 4.69) is 10.3 Å². The zero-order chi connectivity index (χ0) is 17.9. The number of carbonyl (C=O) groups excluding carboxylic acids is 1. The van der Waals surface area contributed by atoms with Gasteiger partial charge in [-0.2, -0.15) is 0 Å². The number of nitrogens with one attached hydrogen (secondary N) is 1. The maximum absolute atomic E-state index is 11.8. The first-order valence-electron chi connectivity index (χ1n) is 7.44. The molecular formula is C16H24N4O4. The van der Waals surface area contributed by atoms with Crippen molar-refractivity contribution < 1.29 is 19.4 Å². The quantitative estimate of drug-likeness (QED) is 0.226. The minimum absolute atomic E-state index is 0.0710. The molecule has 1 aromatic rings. The lowest BCUT2D eigenvalue weighted by Crippen LogP contribution is -2.24. The largest absolute Gasteiger partial charge is 0.502 e. The van der Waals surface area contributed by atoms with Crippen molar-refractivity contribution in [3.63, 3.8) is 0 Å². The molecular weight excluding hydrogens is 312 g/mol. The SMILES string of the molecule is COc1cc(C=CC(=O)NCCCCN=C(N)N)cc(OC)c1O. The number of nitrogens with zero attached hydrogens (tertiary/aromatic N) is 1. The highest BCUT2D eigenvalue weighted by Crippen LogP contribution is 2.37. The summed E-state index contributed by atoms with van der Waals surface area (Å²) in [6.45, 7) is 1.08. The van der Waals surface area contributed by atoms with Crippen LogP contribution in [-0.2, 0) is 4.79 Å². The minimum atomic E-state index is -0.220. The number of phenols is 1. The number of amides is 1. The summed E-state index contributed by atoms with van der Waals surface area (Å²) in [6, 6.07) is 3.22. The molecule has 1 rings (SSSR count). The molecule has 8 heteroatoms. The Balaban J connectivity index is 2.50. The summed E-state index contributed by atoms with van der Waals surface area (Å²) >= 11 is 0. The number of methoxy groups -OCH3 is 2. The van der Waals surface area contributed by atoms with Crippen LogP contribution in [-0.4, -0.2) is 44.3 Å². The Hall–Kier alpha value is -2.90. The van der Waals surface area contributed by atoms with E-state index in [0.29, 0.717) is 18.7 Å². The fraction of sp³-hybridized carbons (Fsp3) is 0.375. The minimum Gasteiger partial charge on any atom is -0.502 e. The van der Waals surface area contributed by atoms with Gasteiger partial charge in [0.2, 0.25) is 11.7 Å². The maximum Gasteiger partial charge on any atom is 0.243 e. The Labute approximate surface area is 141 Å². The molecule has 0 radical (unpaired) electrons. The lowest BCUT2D eigenvalue weighted by Gasteiger charge is -2.09. The monoisotopic (exact) mass is 336 g/mol. The van der Waals surface area contributed by atoms with E-state index in [1.54, 1.807) is 18.2 Å². The smallest absolute Gasteiger partial charge is 0.243 e. The van der Waals surface area contributed by atoms with Crippen molar-refractivity contribution in [3.05, 3.63) is 23.8 Å².